The first-order valence-corrected chi connectivity index (χ1v) is 11.8. The van der Waals surface area contributed by atoms with Crippen molar-refractivity contribution in [2.75, 3.05) is 13.7 Å². The van der Waals surface area contributed by atoms with Crippen molar-refractivity contribution < 1.29 is 19.4 Å². The van der Waals surface area contributed by atoms with Gasteiger partial charge in [0.1, 0.15) is 6.61 Å². The Kier molecular flexibility index (Phi) is 4.61. The van der Waals surface area contributed by atoms with Crippen LogP contribution in [-0.2, 0) is 9.53 Å². The van der Waals surface area contributed by atoms with Crippen LogP contribution in [0.3, 0.4) is 0 Å². The van der Waals surface area contributed by atoms with Gasteiger partial charge in [0.25, 0.3) is 0 Å². The van der Waals surface area contributed by atoms with E-state index in [-0.39, 0.29) is 17.4 Å². The third-order valence-corrected chi connectivity index (χ3v) is 10.0. The van der Waals surface area contributed by atoms with Crippen LogP contribution in [0, 0.1) is 34.5 Å². The normalized spacial score (nSPS) is 44.9. The molecule has 0 radical (unpaired) electrons. The molecular weight excluding hydrogens is 378 g/mol. The number of carboxylic acid groups (broad SMARTS) is 1. The third-order valence-electron chi connectivity index (χ3n) is 10.0. The number of allylic oxidation sites excluding steroid dienone is 2. The van der Waals surface area contributed by atoms with Crippen molar-refractivity contribution >= 4 is 12.1 Å². The Labute approximate surface area is 179 Å². The van der Waals surface area contributed by atoms with E-state index in [1.807, 2.05) is 0 Å². The van der Waals surface area contributed by atoms with Crippen molar-refractivity contribution in [2.45, 2.75) is 71.3 Å². The number of hydrogen-bond donors (Lipinski definition) is 1. The van der Waals surface area contributed by atoms with E-state index in [1.54, 1.807) is 23.6 Å². The molecule has 0 aromatic rings. The molecular formula is C25H35NO4. The molecule has 1 N–H and O–H groups in total. The number of carbonyl (C=O) groups is 2. The molecule has 1 aliphatic heterocycles. The quantitative estimate of drug-likeness (QED) is 0.509. The molecule has 4 aliphatic carbocycles. The highest BCUT2D eigenvalue weighted by molar-refractivity contribution is 5.85. The van der Waals surface area contributed by atoms with Crippen LogP contribution >= 0.6 is 0 Å². The van der Waals surface area contributed by atoms with Gasteiger partial charge < -0.3 is 14.7 Å². The van der Waals surface area contributed by atoms with E-state index in [2.05, 4.69) is 19.9 Å². The number of nitrogens with zero attached hydrogens (tertiary/aromatic N) is 1. The maximum atomic E-state index is 11.7. The molecule has 0 aromatic carbocycles. The van der Waals surface area contributed by atoms with E-state index in [9.17, 15) is 14.7 Å². The second kappa shape index (κ2) is 6.86. The summed E-state index contributed by atoms with van der Waals surface area (Å²) >= 11 is 0. The van der Waals surface area contributed by atoms with Gasteiger partial charge in [0.2, 0.25) is 0 Å². The SMILES string of the molecule is CN(C(=O)O)[C@H]1CC[C@@]2(C)[C@H](CC[C@H]3C4=CC[C@H](C5=CC(=O)OC5)[C@@]4(C)CC[C@@H]32)C1. The number of amides is 1. The first-order valence-electron chi connectivity index (χ1n) is 11.8. The van der Waals surface area contributed by atoms with Crippen LogP contribution < -0.4 is 0 Å². The van der Waals surface area contributed by atoms with Gasteiger partial charge in [0.15, 0.2) is 0 Å². The number of carbonyl (C=O) groups excluding carboxylic acids is 1. The fourth-order valence-corrected chi connectivity index (χ4v) is 8.22. The topological polar surface area (TPSA) is 66.8 Å². The summed E-state index contributed by atoms with van der Waals surface area (Å²) in [6.07, 6.45) is 12.6. The first kappa shape index (κ1) is 20.1. The van der Waals surface area contributed by atoms with Crippen molar-refractivity contribution in [1.29, 1.82) is 0 Å². The molecule has 5 heteroatoms. The monoisotopic (exact) mass is 413 g/mol. The number of fused-ring (bicyclic) bond motifs is 5. The molecule has 164 valence electrons. The molecule has 3 saturated carbocycles. The molecule has 0 bridgehead atoms. The predicted octanol–water partition coefficient (Wildman–Crippen LogP) is 5.03. The van der Waals surface area contributed by atoms with Gasteiger partial charge in [-0.1, -0.05) is 25.5 Å². The first-order chi connectivity index (χ1) is 14.2. The van der Waals surface area contributed by atoms with E-state index in [4.69, 9.17) is 4.74 Å². The summed E-state index contributed by atoms with van der Waals surface area (Å²) in [6, 6.07) is 0.174. The largest absolute Gasteiger partial charge is 0.465 e. The van der Waals surface area contributed by atoms with Crippen LogP contribution in [0.25, 0.3) is 0 Å². The van der Waals surface area contributed by atoms with Crippen molar-refractivity contribution in [3.05, 3.63) is 23.3 Å². The van der Waals surface area contributed by atoms with Crippen LogP contribution in [0.5, 0.6) is 0 Å². The van der Waals surface area contributed by atoms with Crippen LogP contribution in [0.1, 0.15) is 65.2 Å². The van der Waals surface area contributed by atoms with Gasteiger partial charge in [0.05, 0.1) is 0 Å². The molecule has 0 saturated heterocycles. The zero-order valence-corrected chi connectivity index (χ0v) is 18.5. The fraction of sp³-hybridized carbons (Fsp3) is 0.760. The zero-order chi connectivity index (χ0) is 21.3. The Hall–Kier alpha value is -1.78. The maximum absolute atomic E-state index is 11.7. The molecule has 30 heavy (non-hydrogen) atoms. The highest BCUT2D eigenvalue weighted by atomic mass is 16.5. The van der Waals surface area contributed by atoms with Gasteiger partial charge in [-0.2, -0.15) is 0 Å². The predicted molar refractivity (Wildman–Crippen MR) is 114 cm³/mol. The van der Waals surface area contributed by atoms with Crippen LogP contribution in [0.15, 0.2) is 23.3 Å². The minimum absolute atomic E-state index is 0.172. The number of ether oxygens (including phenoxy) is 1. The second-order valence-corrected chi connectivity index (χ2v) is 11.0. The molecule has 1 amide bonds. The molecule has 5 nitrogen and oxygen atoms in total. The molecule has 5 rings (SSSR count). The van der Waals surface area contributed by atoms with E-state index >= 15 is 0 Å². The van der Waals surface area contributed by atoms with Gasteiger partial charge in [0, 0.05) is 19.2 Å². The summed E-state index contributed by atoms with van der Waals surface area (Å²) in [5.74, 6) is 2.24. The van der Waals surface area contributed by atoms with Crippen molar-refractivity contribution in [1.82, 2.24) is 4.90 Å². The second-order valence-electron chi connectivity index (χ2n) is 11.0. The third kappa shape index (κ3) is 2.80. The summed E-state index contributed by atoms with van der Waals surface area (Å²) in [4.78, 5) is 24.7. The summed E-state index contributed by atoms with van der Waals surface area (Å²) < 4.78 is 5.24. The number of cyclic esters (lactones) is 1. The lowest BCUT2D eigenvalue weighted by Gasteiger charge is -2.60. The summed E-state index contributed by atoms with van der Waals surface area (Å²) in [6.45, 7) is 5.42. The van der Waals surface area contributed by atoms with Crippen LogP contribution in [0.4, 0.5) is 4.79 Å². The number of esters is 1. The molecule has 0 unspecified atom stereocenters. The minimum Gasteiger partial charge on any atom is -0.465 e. The van der Waals surface area contributed by atoms with E-state index in [1.165, 1.54) is 31.3 Å². The van der Waals surface area contributed by atoms with Gasteiger partial charge in [-0.25, -0.2) is 9.59 Å². The average Bonchev–Trinajstić information content (AvgIpc) is 3.29. The standard InChI is InChI=1S/C25H35NO4/c1-24-10-8-17(26(3)23(28)29)13-16(24)4-5-18-20-7-6-19(15-12-22(27)30-14-15)25(20,2)11-9-21(18)24/h7,12,16-19,21H,4-6,8-11,13-14H2,1-3H3,(H,28,29)/t16-,17+,18+,19-,21+,24+,25-/m1/s1. The zero-order valence-electron chi connectivity index (χ0n) is 18.5. The average molecular weight is 414 g/mol. The fourth-order valence-electron chi connectivity index (χ4n) is 8.22. The number of rotatable bonds is 2. The minimum atomic E-state index is -0.795. The van der Waals surface area contributed by atoms with Crippen molar-refractivity contribution in [3.63, 3.8) is 0 Å². The number of hydrogen-bond acceptors (Lipinski definition) is 3. The molecule has 5 aliphatic rings. The van der Waals surface area contributed by atoms with E-state index in [0.29, 0.717) is 35.7 Å². The lowest BCUT2D eigenvalue weighted by atomic mass is 9.45. The molecule has 0 aromatic heterocycles. The summed E-state index contributed by atoms with van der Waals surface area (Å²) in [5, 5.41) is 9.43. The Morgan fingerprint density at radius 1 is 1.20 bits per heavy atom. The van der Waals surface area contributed by atoms with E-state index in [0.717, 1.165) is 25.7 Å². The molecule has 7 atom stereocenters. The van der Waals surface area contributed by atoms with Gasteiger partial charge in [-0.15, -0.1) is 0 Å². The maximum Gasteiger partial charge on any atom is 0.407 e. The van der Waals surface area contributed by atoms with Gasteiger partial charge in [-0.3, -0.25) is 0 Å². The van der Waals surface area contributed by atoms with E-state index < -0.39 is 6.09 Å². The Morgan fingerprint density at radius 2 is 2.00 bits per heavy atom. The Balaban J connectivity index is 1.36. The molecule has 0 spiro atoms. The summed E-state index contributed by atoms with van der Waals surface area (Å²) in [7, 11) is 1.74. The Bertz CT molecular complexity index is 831. The van der Waals surface area contributed by atoms with Crippen molar-refractivity contribution in [3.8, 4) is 0 Å². The Morgan fingerprint density at radius 3 is 2.70 bits per heavy atom. The summed E-state index contributed by atoms with van der Waals surface area (Å²) in [5.41, 5.74) is 3.35. The molecule has 1 heterocycles. The lowest BCUT2D eigenvalue weighted by molar-refractivity contribution is -0.135. The molecule has 3 fully saturated rings. The smallest absolute Gasteiger partial charge is 0.407 e. The van der Waals surface area contributed by atoms with Crippen LogP contribution in [0.2, 0.25) is 0 Å². The highest BCUT2D eigenvalue weighted by Crippen LogP contribution is 2.66. The van der Waals surface area contributed by atoms with Gasteiger partial charge in [-0.05, 0) is 91.4 Å². The van der Waals surface area contributed by atoms with Gasteiger partial charge >= 0.3 is 12.1 Å². The van der Waals surface area contributed by atoms with Crippen LogP contribution in [-0.4, -0.2) is 41.8 Å². The highest BCUT2D eigenvalue weighted by Gasteiger charge is 2.58. The van der Waals surface area contributed by atoms with Crippen molar-refractivity contribution in [2.24, 2.45) is 34.5 Å². The lowest BCUT2D eigenvalue weighted by Crippen LogP contribution is -2.54.